The van der Waals surface area contributed by atoms with Crippen LogP contribution in [0.15, 0.2) is 0 Å². The summed E-state index contributed by atoms with van der Waals surface area (Å²) in [5.41, 5.74) is 0. The van der Waals surface area contributed by atoms with Crippen LogP contribution >= 0.6 is 0 Å². The Balaban J connectivity index is 4.05. The van der Waals surface area contributed by atoms with Gasteiger partial charge in [-0.05, 0) is 19.8 Å². The van der Waals surface area contributed by atoms with E-state index in [2.05, 4.69) is 23.9 Å². The van der Waals surface area contributed by atoms with E-state index in [9.17, 15) is 9.59 Å². The van der Waals surface area contributed by atoms with Gasteiger partial charge < -0.3 is 10.1 Å². The third kappa shape index (κ3) is 6.43. The van der Waals surface area contributed by atoms with Gasteiger partial charge >= 0.3 is 11.9 Å². The molecule has 4 nitrogen and oxygen atoms in total. The fourth-order valence-corrected chi connectivity index (χ4v) is 1.53. The van der Waals surface area contributed by atoms with Crippen molar-refractivity contribution < 1.29 is 14.3 Å². The number of nitrogens with one attached hydrogen (secondary N) is 1. The largest absolute Gasteiger partial charge is 0.459 e. The number of rotatable bonds is 7. The average molecular weight is 229 g/mol. The Bertz CT molecular complexity index is 216. The van der Waals surface area contributed by atoms with Crippen molar-refractivity contribution in [1.82, 2.24) is 5.32 Å². The standard InChI is InChI=1S/C12H23NO3/c1-4-7-9-10(8-5-2)13-11(14)12(15)16-6-3/h10H,4-9H2,1-3H3,(H,13,14). The van der Waals surface area contributed by atoms with E-state index in [0.717, 1.165) is 32.1 Å². The molecule has 1 N–H and O–H groups in total. The van der Waals surface area contributed by atoms with Crippen molar-refractivity contribution in [1.29, 1.82) is 0 Å². The van der Waals surface area contributed by atoms with E-state index >= 15 is 0 Å². The highest BCUT2D eigenvalue weighted by molar-refractivity contribution is 6.32. The van der Waals surface area contributed by atoms with Gasteiger partial charge in [-0.2, -0.15) is 0 Å². The van der Waals surface area contributed by atoms with Crippen molar-refractivity contribution in [3.8, 4) is 0 Å². The molecule has 94 valence electrons. The number of carbonyl (C=O) groups excluding carboxylic acids is 2. The van der Waals surface area contributed by atoms with Gasteiger partial charge in [-0.1, -0.05) is 33.1 Å². The number of hydrogen-bond donors (Lipinski definition) is 1. The zero-order valence-corrected chi connectivity index (χ0v) is 10.5. The summed E-state index contributed by atoms with van der Waals surface area (Å²) >= 11 is 0. The SMILES string of the molecule is CCCCC(CCC)NC(=O)C(=O)OCC. The van der Waals surface area contributed by atoms with Gasteiger partial charge in [-0.3, -0.25) is 4.79 Å². The van der Waals surface area contributed by atoms with E-state index in [4.69, 9.17) is 0 Å². The lowest BCUT2D eigenvalue weighted by Gasteiger charge is -2.16. The monoisotopic (exact) mass is 229 g/mol. The maximum absolute atomic E-state index is 11.4. The number of esters is 1. The van der Waals surface area contributed by atoms with Crippen LogP contribution in [0, 0.1) is 0 Å². The zero-order chi connectivity index (χ0) is 12.4. The summed E-state index contributed by atoms with van der Waals surface area (Å²) in [5, 5.41) is 2.72. The smallest absolute Gasteiger partial charge is 0.396 e. The molecule has 0 aromatic carbocycles. The highest BCUT2D eigenvalue weighted by Crippen LogP contribution is 2.06. The van der Waals surface area contributed by atoms with Crippen LogP contribution in [0.4, 0.5) is 0 Å². The topological polar surface area (TPSA) is 55.4 Å². The molecule has 0 radical (unpaired) electrons. The molecular formula is C12H23NO3. The summed E-state index contributed by atoms with van der Waals surface area (Å²) in [6, 6.07) is 0.0989. The lowest BCUT2D eigenvalue weighted by molar-refractivity contribution is -0.154. The molecule has 0 bridgehead atoms. The maximum atomic E-state index is 11.4. The second-order valence-corrected chi connectivity index (χ2v) is 3.82. The molecule has 0 aliphatic heterocycles. The lowest BCUT2D eigenvalue weighted by Crippen LogP contribution is -2.40. The molecule has 0 aliphatic rings. The highest BCUT2D eigenvalue weighted by Gasteiger charge is 2.18. The van der Waals surface area contributed by atoms with Crippen LogP contribution in [-0.2, 0) is 14.3 Å². The summed E-state index contributed by atoms with van der Waals surface area (Å²) in [6.45, 7) is 6.09. The molecule has 0 saturated carbocycles. The van der Waals surface area contributed by atoms with E-state index in [1.54, 1.807) is 6.92 Å². The quantitative estimate of drug-likeness (QED) is 0.537. The minimum Gasteiger partial charge on any atom is -0.459 e. The second kappa shape index (κ2) is 9.19. The van der Waals surface area contributed by atoms with Crippen LogP contribution in [0.5, 0.6) is 0 Å². The van der Waals surface area contributed by atoms with Gasteiger partial charge in [0.25, 0.3) is 0 Å². The molecule has 0 fully saturated rings. The van der Waals surface area contributed by atoms with Gasteiger partial charge in [0.2, 0.25) is 0 Å². The Morgan fingerprint density at radius 2 is 1.81 bits per heavy atom. The van der Waals surface area contributed by atoms with E-state index < -0.39 is 11.9 Å². The van der Waals surface area contributed by atoms with Crippen molar-refractivity contribution >= 4 is 11.9 Å². The van der Waals surface area contributed by atoms with Crippen LogP contribution in [0.2, 0.25) is 0 Å². The van der Waals surface area contributed by atoms with Crippen LogP contribution < -0.4 is 5.32 Å². The molecule has 0 rings (SSSR count). The average Bonchev–Trinajstić information content (AvgIpc) is 2.26. The summed E-state index contributed by atoms with van der Waals surface area (Å²) in [6.07, 6.45) is 4.99. The number of hydrogen-bond acceptors (Lipinski definition) is 3. The number of carbonyl (C=O) groups is 2. The van der Waals surface area contributed by atoms with E-state index in [-0.39, 0.29) is 12.6 Å². The fraction of sp³-hybridized carbons (Fsp3) is 0.833. The summed E-state index contributed by atoms with van der Waals surface area (Å²) in [5.74, 6) is -1.39. The predicted molar refractivity (Wildman–Crippen MR) is 63.0 cm³/mol. The van der Waals surface area contributed by atoms with E-state index in [1.165, 1.54) is 0 Å². The van der Waals surface area contributed by atoms with Gasteiger partial charge in [-0.25, -0.2) is 4.79 Å². The molecule has 0 aromatic heterocycles. The van der Waals surface area contributed by atoms with E-state index in [0.29, 0.717) is 0 Å². The lowest BCUT2D eigenvalue weighted by atomic mass is 10.1. The Kier molecular flexibility index (Phi) is 8.58. The first kappa shape index (κ1) is 14.9. The van der Waals surface area contributed by atoms with Crippen LogP contribution in [-0.4, -0.2) is 24.5 Å². The van der Waals surface area contributed by atoms with Crippen molar-refractivity contribution in [2.24, 2.45) is 0 Å². The third-order valence-electron chi connectivity index (χ3n) is 2.34. The Morgan fingerprint density at radius 3 is 2.31 bits per heavy atom. The molecule has 0 aliphatic carbocycles. The normalized spacial score (nSPS) is 11.9. The van der Waals surface area contributed by atoms with Gasteiger partial charge in [0, 0.05) is 6.04 Å². The fourth-order valence-electron chi connectivity index (χ4n) is 1.53. The zero-order valence-electron chi connectivity index (χ0n) is 10.5. The van der Waals surface area contributed by atoms with Gasteiger partial charge in [0.1, 0.15) is 0 Å². The first-order valence-electron chi connectivity index (χ1n) is 6.13. The predicted octanol–water partition coefficient (Wildman–Crippen LogP) is 2.02. The van der Waals surface area contributed by atoms with E-state index in [1.807, 2.05) is 0 Å². The molecule has 0 heterocycles. The summed E-state index contributed by atoms with van der Waals surface area (Å²) < 4.78 is 4.64. The first-order chi connectivity index (χ1) is 7.65. The van der Waals surface area contributed by atoms with Gasteiger partial charge in [0.15, 0.2) is 0 Å². The molecule has 4 heteroatoms. The number of ether oxygens (including phenoxy) is 1. The molecule has 16 heavy (non-hydrogen) atoms. The molecular weight excluding hydrogens is 206 g/mol. The van der Waals surface area contributed by atoms with Crippen LogP contribution in [0.25, 0.3) is 0 Å². The van der Waals surface area contributed by atoms with Crippen LogP contribution in [0.1, 0.15) is 52.9 Å². The third-order valence-corrected chi connectivity index (χ3v) is 2.34. The van der Waals surface area contributed by atoms with Crippen molar-refractivity contribution in [2.45, 2.75) is 58.9 Å². The maximum Gasteiger partial charge on any atom is 0.396 e. The minimum atomic E-state index is -0.778. The molecule has 0 spiro atoms. The summed E-state index contributed by atoms with van der Waals surface area (Å²) in [7, 11) is 0. The molecule has 1 amide bonds. The molecule has 0 saturated heterocycles. The second-order valence-electron chi connectivity index (χ2n) is 3.82. The number of amides is 1. The first-order valence-corrected chi connectivity index (χ1v) is 6.13. The Morgan fingerprint density at radius 1 is 1.12 bits per heavy atom. The molecule has 0 aromatic rings. The molecule has 1 unspecified atom stereocenters. The Labute approximate surface area is 97.7 Å². The minimum absolute atomic E-state index is 0.0989. The van der Waals surface area contributed by atoms with Gasteiger partial charge in [0.05, 0.1) is 6.61 Å². The van der Waals surface area contributed by atoms with Crippen LogP contribution in [0.3, 0.4) is 0 Å². The van der Waals surface area contributed by atoms with Crippen molar-refractivity contribution in [2.75, 3.05) is 6.61 Å². The highest BCUT2D eigenvalue weighted by atomic mass is 16.5. The van der Waals surface area contributed by atoms with Crippen molar-refractivity contribution in [3.63, 3.8) is 0 Å². The number of unbranched alkanes of at least 4 members (excludes halogenated alkanes) is 1. The summed E-state index contributed by atoms with van der Waals surface area (Å²) in [4.78, 5) is 22.5. The van der Waals surface area contributed by atoms with Crippen molar-refractivity contribution in [3.05, 3.63) is 0 Å². The Hall–Kier alpha value is -1.06. The molecule has 1 atom stereocenters. The van der Waals surface area contributed by atoms with Gasteiger partial charge in [-0.15, -0.1) is 0 Å².